The fraction of sp³-hybridized carbons (Fsp3) is 0.231. The molecule has 1 amide bonds. The highest BCUT2D eigenvalue weighted by Gasteiger charge is 2.10. The van der Waals surface area contributed by atoms with Gasteiger partial charge in [-0.1, -0.05) is 0 Å². The van der Waals surface area contributed by atoms with Gasteiger partial charge in [-0.2, -0.15) is 5.10 Å². The number of carbonyl (C=O) groups excluding carboxylic acids is 1. The molecule has 6 nitrogen and oxygen atoms in total. The van der Waals surface area contributed by atoms with Gasteiger partial charge in [-0.15, -0.1) is 0 Å². The molecular formula is C13H15N3O3. The number of hydrogen-bond acceptors (Lipinski definition) is 4. The number of amides is 1. The van der Waals surface area contributed by atoms with Crippen LogP contribution in [0.15, 0.2) is 30.5 Å². The van der Waals surface area contributed by atoms with Crippen molar-refractivity contribution in [3.63, 3.8) is 0 Å². The second-order valence-corrected chi connectivity index (χ2v) is 3.93. The number of aryl methyl sites for hydroxylation is 1. The number of nitrogens with zero attached hydrogens (tertiary/aromatic N) is 2. The van der Waals surface area contributed by atoms with Gasteiger partial charge in [0.2, 0.25) is 0 Å². The van der Waals surface area contributed by atoms with Crippen LogP contribution in [0.3, 0.4) is 0 Å². The summed E-state index contributed by atoms with van der Waals surface area (Å²) in [6.07, 6.45) is 1.71. The Morgan fingerprint density at radius 2 is 1.84 bits per heavy atom. The Morgan fingerprint density at radius 3 is 2.32 bits per heavy atom. The number of methoxy groups -OCH3 is 2. The predicted octanol–water partition coefficient (Wildman–Crippen LogP) is 1.69. The number of rotatable bonds is 4. The molecule has 0 unspecified atom stereocenters. The van der Waals surface area contributed by atoms with Gasteiger partial charge >= 0.3 is 0 Å². The highest BCUT2D eigenvalue weighted by Crippen LogP contribution is 2.25. The van der Waals surface area contributed by atoms with E-state index in [1.807, 2.05) is 0 Å². The first-order valence-electron chi connectivity index (χ1n) is 5.66. The summed E-state index contributed by atoms with van der Waals surface area (Å²) in [5.41, 5.74) is 0.941. The summed E-state index contributed by atoms with van der Waals surface area (Å²) in [4.78, 5) is 12.0. The fourth-order valence-electron chi connectivity index (χ4n) is 1.61. The summed E-state index contributed by atoms with van der Waals surface area (Å²) in [6, 6.07) is 6.80. The number of aromatic nitrogens is 2. The zero-order chi connectivity index (χ0) is 13.8. The first-order chi connectivity index (χ1) is 9.12. The van der Waals surface area contributed by atoms with E-state index in [2.05, 4.69) is 10.4 Å². The Hall–Kier alpha value is -2.50. The van der Waals surface area contributed by atoms with Gasteiger partial charge in [0.05, 0.1) is 14.2 Å². The highest BCUT2D eigenvalue weighted by atomic mass is 16.5. The van der Waals surface area contributed by atoms with E-state index in [0.29, 0.717) is 22.9 Å². The lowest BCUT2D eigenvalue weighted by atomic mass is 10.2. The molecule has 2 rings (SSSR count). The van der Waals surface area contributed by atoms with Gasteiger partial charge in [0, 0.05) is 37.1 Å². The van der Waals surface area contributed by atoms with E-state index in [1.165, 1.54) is 0 Å². The molecule has 0 bridgehead atoms. The Balaban J connectivity index is 2.20. The normalized spacial score (nSPS) is 10.1. The van der Waals surface area contributed by atoms with Crippen LogP contribution in [0.1, 0.15) is 10.5 Å². The van der Waals surface area contributed by atoms with Crippen molar-refractivity contribution in [3.05, 3.63) is 36.2 Å². The molecule has 1 N–H and O–H groups in total. The molecule has 100 valence electrons. The fourth-order valence-corrected chi connectivity index (χ4v) is 1.61. The average molecular weight is 261 g/mol. The SMILES string of the molecule is COc1cc(NC(=O)c2ccn(C)n2)cc(OC)c1. The lowest BCUT2D eigenvalue weighted by molar-refractivity contribution is 0.102. The largest absolute Gasteiger partial charge is 0.497 e. The minimum absolute atomic E-state index is 0.282. The van der Waals surface area contributed by atoms with Crippen molar-refractivity contribution < 1.29 is 14.3 Å². The monoisotopic (exact) mass is 261 g/mol. The Bertz CT molecular complexity index is 570. The minimum atomic E-state index is -0.282. The van der Waals surface area contributed by atoms with Crippen molar-refractivity contribution in [3.8, 4) is 11.5 Å². The zero-order valence-electron chi connectivity index (χ0n) is 11.0. The summed E-state index contributed by atoms with van der Waals surface area (Å²) < 4.78 is 11.8. The summed E-state index contributed by atoms with van der Waals surface area (Å²) in [6.45, 7) is 0. The Morgan fingerprint density at radius 1 is 1.21 bits per heavy atom. The van der Waals surface area contributed by atoms with Gasteiger partial charge in [-0.3, -0.25) is 9.48 Å². The van der Waals surface area contributed by atoms with Gasteiger partial charge in [-0.05, 0) is 6.07 Å². The molecule has 0 aliphatic carbocycles. The molecule has 2 aromatic rings. The molecule has 0 spiro atoms. The molecule has 0 saturated carbocycles. The van der Waals surface area contributed by atoms with Crippen LogP contribution >= 0.6 is 0 Å². The molecule has 0 fully saturated rings. The van der Waals surface area contributed by atoms with Crippen LogP contribution in [0.25, 0.3) is 0 Å². The van der Waals surface area contributed by atoms with Gasteiger partial charge in [0.1, 0.15) is 11.5 Å². The summed E-state index contributed by atoms with van der Waals surface area (Å²) in [7, 11) is 4.86. The summed E-state index contributed by atoms with van der Waals surface area (Å²) in [5.74, 6) is 0.933. The number of ether oxygens (including phenoxy) is 2. The number of benzene rings is 1. The van der Waals surface area contributed by atoms with Gasteiger partial charge in [-0.25, -0.2) is 0 Å². The van der Waals surface area contributed by atoms with E-state index < -0.39 is 0 Å². The van der Waals surface area contributed by atoms with Crippen LogP contribution < -0.4 is 14.8 Å². The smallest absolute Gasteiger partial charge is 0.276 e. The molecule has 0 atom stereocenters. The molecule has 1 aromatic carbocycles. The maximum atomic E-state index is 12.0. The second kappa shape index (κ2) is 5.43. The van der Waals surface area contributed by atoms with Crippen molar-refractivity contribution in [2.24, 2.45) is 7.05 Å². The van der Waals surface area contributed by atoms with Gasteiger partial charge < -0.3 is 14.8 Å². The van der Waals surface area contributed by atoms with Crippen LogP contribution in [0, 0.1) is 0 Å². The second-order valence-electron chi connectivity index (χ2n) is 3.93. The quantitative estimate of drug-likeness (QED) is 0.909. The van der Waals surface area contributed by atoms with E-state index in [-0.39, 0.29) is 5.91 Å². The molecular weight excluding hydrogens is 246 g/mol. The topological polar surface area (TPSA) is 65.4 Å². The first kappa shape index (κ1) is 12.9. The highest BCUT2D eigenvalue weighted by molar-refractivity contribution is 6.03. The average Bonchev–Trinajstić information content (AvgIpc) is 2.85. The van der Waals surface area contributed by atoms with E-state index in [1.54, 1.807) is 56.4 Å². The van der Waals surface area contributed by atoms with Crippen LogP contribution in [-0.2, 0) is 7.05 Å². The summed E-state index contributed by atoms with van der Waals surface area (Å²) in [5, 5.41) is 6.78. The van der Waals surface area contributed by atoms with Crippen molar-refractivity contribution in [1.82, 2.24) is 9.78 Å². The number of carbonyl (C=O) groups is 1. The number of nitrogens with one attached hydrogen (secondary N) is 1. The van der Waals surface area contributed by atoms with Crippen LogP contribution in [0.5, 0.6) is 11.5 Å². The van der Waals surface area contributed by atoms with Crippen LogP contribution in [0.4, 0.5) is 5.69 Å². The van der Waals surface area contributed by atoms with Crippen molar-refractivity contribution in [2.45, 2.75) is 0 Å². The predicted molar refractivity (Wildman–Crippen MR) is 70.7 cm³/mol. The maximum Gasteiger partial charge on any atom is 0.276 e. The third kappa shape index (κ3) is 3.04. The lowest BCUT2D eigenvalue weighted by Crippen LogP contribution is -2.13. The number of anilines is 1. The molecule has 0 radical (unpaired) electrons. The molecule has 1 heterocycles. The van der Waals surface area contributed by atoms with Crippen molar-refractivity contribution >= 4 is 11.6 Å². The third-order valence-electron chi connectivity index (χ3n) is 2.56. The van der Waals surface area contributed by atoms with E-state index in [4.69, 9.17) is 9.47 Å². The molecule has 0 saturated heterocycles. The van der Waals surface area contributed by atoms with Crippen molar-refractivity contribution in [1.29, 1.82) is 0 Å². The number of hydrogen-bond donors (Lipinski definition) is 1. The standard InChI is InChI=1S/C13H15N3O3/c1-16-5-4-12(15-16)13(17)14-9-6-10(18-2)8-11(7-9)19-3/h4-8H,1-3H3,(H,14,17). The summed E-state index contributed by atoms with van der Waals surface area (Å²) >= 11 is 0. The molecule has 19 heavy (non-hydrogen) atoms. The zero-order valence-corrected chi connectivity index (χ0v) is 11.0. The van der Waals surface area contributed by atoms with E-state index >= 15 is 0 Å². The van der Waals surface area contributed by atoms with Gasteiger partial charge in [0.25, 0.3) is 5.91 Å². The van der Waals surface area contributed by atoms with Gasteiger partial charge in [0.15, 0.2) is 5.69 Å². The molecule has 6 heteroatoms. The third-order valence-corrected chi connectivity index (χ3v) is 2.56. The van der Waals surface area contributed by atoms with Crippen LogP contribution in [-0.4, -0.2) is 29.9 Å². The van der Waals surface area contributed by atoms with Crippen molar-refractivity contribution in [2.75, 3.05) is 19.5 Å². The van der Waals surface area contributed by atoms with E-state index in [9.17, 15) is 4.79 Å². The molecule has 0 aliphatic rings. The maximum absolute atomic E-state index is 12.0. The van der Waals surface area contributed by atoms with Crippen LogP contribution in [0.2, 0.25) is 0 Å². The Kier molecular flexibility index (Phi) is 3.70. The first-order valence-corrected chi connectivity index (χ1v) is 5.66. The molecule has 0 aliphatic heterocycles. The van der Waals surface area contributed by atoms with E-state index in [0.717, 1.165) is 0 Å². The lowest BCUT2D eigenvalue weighted by Gasteiger charge is -2.09. The Labute approximate surface area is 110 Å². The minimum Gasteiger partial charge on any atom is -0.497 e. The molecule has 1 aromatic heterocycles.